The zero-order chi connectivity index (χ0) is 17.5. The molecule has 6 heteroatoms. The first-order chi connectivity index (χ1) is 11.5. The van der Waals surface area contributed by atoms with Gasteiger partial charge in [0.15, 0.2) is 0 Å². The number of benzene rings is 2. The van der Waals surface area contributed by atoms with Gasteiger partial charge in [-0.15, -0.1) is 0 Å². The van der Waals surface area contributed by atoms with Gasteiger partial charge < -0.3 is 21.5 Å². The zero-order valence-electron chi connectivity index (χ0n) is 13.3. The molecular weight excluding hydrogens is 306 g/mol. The van der Waals surface area contributed by atoms with Gasteiger partial charge in [-0.2, -0.15) is 0 Å². The first-order valence-corrected chi connectivity index (χ1v) is 7.41. The average Bonchev–Trinajstić information content (AvgIpc) is 2.56. The second kappa shape index (κ2) is 7.82. The fourth-order valence-corrected chi connectivity index (χ4v) is 2.03. The van der Waals surface area contributed by atoms with Crippen LogP contribution in [0.4, 0.5) is 11.4 Å². The summed E-state index contributed by atoms with van der Waals surface area (Å²) >= 11 is 0. The summed E-state index contributed by atoms with van der Waals surface area (Å²) in [6.07, 6.45) is 3.05. The topological polar surface area (TPSA) is 107 Å². The second-order valence-corrected chi connectivity index (χ2v) is 4.99. The lowest BCUT2D eigenvalue weighted by Crippen LogP contribution is -2.11. The lowest BCUT2D eigenvalue weighted by Gasteiger charge is -2.07. The molecule has 0 aromatic heterocycles. The van der Waals surface area contributed by atoms with Crippen molar-refractivity contribution in [1.82, 2.24) is 0 Å². The lowest BCUT2D eigenvalue weighted by molar-refractivity contribution is -0.111. The molecule has 2 aromatic rings. The number of nitrogens with two attached hydrogens (primary N) is 2. The van der Waals surface area contributed by atoms with Gasteiger partial charge in [0.05, 0.1) is 12.3 Å². The summed E-state index contributed by atoms with van der Waals surface area (Å²) in [6, 6.07) is 11.6. The molecule has 5 N–H and O–H groups in total. The van der Waals surface area contributed by atoms with Crippen LogP contribution in [0.2, 0.25) is 0 Å². The summed E-state index contributed by atoms with van der Waals surface area (Å²) in [7, 11) is 0. The Labute approximate surface area is 140 Å². The van der Waals surface area contributed by atoms with Crippen molar-refractivity contribution in [2.45, 2.75) is 6.92 Å². The van der Waals surface area contributed by atoms with Crippen LogP contribution in [-0.2, 0) is 4.79 Å². The molecular formula is C18H19N3O3. The summed E-state index contributed by atoms with van der Waals surface area (Å²) in [5, 5.41) is 2.69. The van der Waals surface area contributed by atoms with Gasteiger partial charge in [0.2, 0.25) is 11.8 Å². The highest BCUT2D eigenvalue weighted by atomic mass is 16.5. The highest BCUT2D eigenvalue weighted by Crippen LogP contribution is 2.23. The quantitative estimate of drug-likeness (QED) is 0.560. The predicted molar refractivity (Wildman–Crippen MR) is 94.6 cm³/mol. The van der Waals surface area contributed by atoms with Crippen molar-refractivity contribution in [1.29, 1.82) is 0 Å². The number of rotatable bonds is 6. The third-order valence-electron chi connectivity index (χ3n) is 3.20. The molecule has 24 heavy (non-hydrogen) atoms. The van der Waals surface area contributed by atoms with Crippen LogP contribution >= 0.6 is 0 Å². The maximum absolute atomic E-state index is 11.9. The summed E-state index contributed by atoms with van der Waals surface area (Å²) in [4.78, 5) is 22.9. The van der Waals surface area contributed by atoms with E-state index in [1.54, 1.807) is 42.5 Å². The Morgan fingerprint density at radius 3 is 2.46 bits per heavy atom. The predicted octanol–water partition coefficient (Wildman–Crippen LogP) is 2.42. The smallest absolute Gasteiger partial charge is 0.248 e. The number of hydrogen-bond donors (Lipinski definition) is 3. The highest BCUT2D eigenvalue weighted by molar-refractivity contribution is 6.02. The molecule has 0 saturated heterocycles. The van der Waals surface area contributed by atoms with E-state index in [-0.39, 0.29) is 5.91 Å². The lowest BCUT2D eigenvalue weighted by atomic mass is 10.1. The van der Waals surface area contributed by atoms with Gasteiger partial charge in [0, 0.05) is 17.3 Å². The molecule has 0 spiro atoms. The Morgan fingerprint density at radius 2 is 1.88 bits per heavy atom. The Kier molecular flexibility index (Phi) is 5.57. The maximum atomic E-state index is 11.9. The number of carbonyl (C=O) groups is 2. The molecule has 2 rings (SSSR count). The molecule has 0 heterocycles. The van der Waals surface area contributed by atoms with Gasteiger partial charge in [-0.1, -0.05) is 6.07 Å². The Hall–Kier alpha value is -3.28. The van der Waals surface area contributed by atoms with Gasteiger partial charge in [-0.25, -0.2) is 0 Å². The van der Waals surface area contributed by atoms with E-state index in [2.05, 4.69) is 5.32 Å². The minimum atomic E-state index is -0.513. The van der Waals surface area contributed by atoms with Crippen LogP contribution in [-0.4, -0.2) is 18.4 Å². The molecule has 0 aliphatic rings. The third-order valence-corrected chi connectivity index (χ3v) is 3.20. The fraction of sp³-hybridized carbons (Fsp3) is 0.111. The molecule has 124 valence electrons. The van der Waals surface area contributed by atoms with Crippen LogP contribution in [0.3, 0.4) is 0 Å². The van der Waals surface area contributed by atoms with Crippen LogP contribution in [0.25, 0.3) is 6.08 Å². The van der Waals surface area contributed by atoms with Crippen molar-refractivity contribution in [3.05, 3.63) is 59.7 Å². The minimum absolute atomic E-state index is 0.297. The molecule has 6 nitrogen and oxygen atoms in total. The number of nitrogens with one attached hydrogen (secondary N) is 1. The first kappa shape index (κ1) is 17.1. The molecule has 0 unspecified atom stereocenters. The second-order valence-electron chi connectivity index (χ2n) is 4.99. The molecule has 0 bridgehead atoms. The minimum Gasteiger partial charge on any atom is -0.492 e. The van der Waals surface area contributed by atoms with E-state index in [9.17, 15) is 9.59 Å². The van der Waals surface area contributed by atoms with Gasteiger partial charge in [-0.3, -0.25) is 9.59 Å². The molecule has 0 radical (unpaired) electrons. The van der Waals surface area contributed by atoms with E-state index < -0.39 is 5.91 Å². The van der Waals surface area contributed by atoms with Crippen LogP contribution in [0.15, 0.2) is 48.5 Å². The van der Waals surface area contributed by atoms with Crippen LogP contribution in [0, 0.1) is 0 Å². The molecule has 0 fully saturated rings. The van der Waals surface area contributed by atoms with E-state index in [0.29, 0.717) is 29.3 Å². The number of hydrogen-bond acceptors (Lipinski definition) is 4. The van der Waals surface area contributed by atoms with Crippen molar-refractivity contribution in [3.8, 4) is 5.75 Å². The highest BCUT2D eigenvalue weighted by Gasteiger charge is 2.03. The Bertz CT molecular complexity index is 768. The van der Waals surface area contributed by atoms with Gasteiger partial charge in [-0.05, 0) is 55.0 Å². The van der Waals surface area contributed by atoms with Crippen LogP contribution < -0.4 is 21.5 Å². The van der Waals surface area contributed by atoms with Gasteiger partial charge in [0.25, 0.3) is 0 Å². The van der Waals surface area contributed by atoms with E-state index >= 15 is 0 Å². The van der Waals surface area contributed by atoms with Gasteiger partial charge >= 0.3 is 0 Å². The Morgan fingerprint density at radius 1 is 1.17 bits per heavy atom. The van der Waals surface area contributed by atoms with E-state index in [1.165, 1.54) is 6.08 Å². The number of primary amides is 1. The zero-order valence-corrected chi connectivity index (χ0v) is 13.3. The molecule has 0 saturated carbocycles. The van der Waals surface area contributed by atoms with Crippen molar-refractivity contribution in [2.24, 2.45) is 5.73 Å². The maximum Gasteiger partial charge on any atom is 0.248 e. The van der Waals surface area contributed by atoms with E-state index in [1.807, 2.05) is 13.0 Å². The fourth-order valence-electron chi connectivity index (χ4n) is 2.03. The van der Waals surface area contributed by atoms with E-state index in [0.717, 1.165) is 5.56 Å². The van der Waals surface area contributed by atoms with Crippen LogP contribution in [0.5, 0.6) is 5.75 Å². The molecule has 2 amide bonds. The standard InChI is InChI=1S/C18H19N3O3/c1-2-24-16-9-3-12(11-15(16)19)4-10-17(22)21-14-7-5-13(6-8-14)18(20)23/h3-11H,2,19H2,1H3,(H2,20,23)(H,21,22)/b10-4-. The molecule has 2 aromatic carbocycles. The summed E-state index contributed by atoms with van der Waals surface area (Å²) in [5.74, 6) is -0.191. The normalized spacial score (nSPS) is 10.5. The van der Waals surface area contributed by atoms with E-state index in [4.69, 9.17) is 16.2 Å². The Balaban J connectivity index is 1.99. The molecule has 0 aliphatic carbocycles. The molecule has 0 aliphatic heterocycles. The average molecular weight is 325 g/mol. The number of nitrogen functional groups attached to an aromatic ring is 1. The van der Waals surface area contributed by atoms with Crippen molar-refractivity contribution in [2.75, 3.05) is 17.7 Å². The summed E-state index contributed by atoms with van der Waals surface area (Å²) < 4.78 is 5.36. The van der Waals surface area contributed by atoms with Crippen molar-refractivity contribution in [3.63, 3.8) is 0 Å². The number of anilines is 2. The van der Waals surface area contributed by atoms with Gasteiger partial charge in [0.1, 0.15) is 5.75 Å². The first-order valence-electron chi connectivity index (χ1n) is 7.41. The van der Waals surface area contributed by atoms with Crippen LogP contribution in [0.1, 0.15) is 22.8 Å². The monoisotopic (exact) mass is 325 g/mol. The summed E-state index contributed by atoms with van der Waals surface area (Å²) in [6.45, 7) is 2.42. The number of carbonyl (C=O) groups excluding carboxylic acids is 2. The SMILES string of the molecule is CCOc1ccc(/C=C\C(=O)Nc2ccc(C(N)=O)cc2)cc1N. The van der Waals surface area contributed by atoms with Crippen molar-refractivity contribution < 1.29 is 14.3 Å². The number of amides is 2. The molecule has 0 atom stereocenters. The summed E-state index contributed by atoms with van der Waals surface area (Å²) in [5.41, 5.74) is 13.3. The van der Waals surface area contributed by atoms with Crippen molar-refractivity contribution >= 4 is 29.3 Å². The third kappa shape index (κ3) is 4.61. The largest absolute Gasteiger partial charge is 0.492 e. The number of ether oxygens (including phenoxy) is 1.